The van der Waals surface area contributed by atoms with Crippen LogP contribution in [0.1, 0.15) is 17.2 Å². The van der Waals surface area contributed by atoms with E-state index in [4.69, 9.17) is 5.73 Å². The van der Waals surface area contributed by atoms with Gasteiger partial charge in [0.2, 0.25) is 5.91 Å². The van der Waals surface area contributed by atoms with E-state index in [1.807, 2.05) is 38.2 Å². The number of carbonyl (C=O) groups is 1. The molecule has 1 amide bonds. The summed E-state index contributed by atoms with van der Waals surface area (Å²) >= 11 is 0. The van der Waals surface area contributed by atoms with Crippen LogP contribution in [0.15, 0.2) is 24.3 Å². The van der Waals surface area contributed by atoms with Crippen LogP contribution in [-0.2, 0) is 4.79 Å². The van der Waals surface area contributed by atoms with E-state index < -0.39 is 6.04 Å². The summed E-state index contributed by atoms with van der Waals surface area (Å²) in [5.41, 5.74) is 7.97. The van der Waals surface area contributed by atoms with Crippen LogP contribution < -0.4 is 11.1 Å². The van der Waals surface area contributed by atoms with Crippen LogP contribution >= 0.6 is 0 Å². The van der Waals surface area contributed by atoms with Gasteiger partial charge in [-0.1, -0.05) is 29.8 Å². The molecule has 1 rings (SSSR count). The van der Waals surface area contributed by atoms with Crippen molar-refractivity contribution in [2.24, 2.45) is 5.73 Å². The molecule has 0 aliphatic rings. The molecule has 17 heavy (non-hydrogen) atoms. The third kappa shape index (κ3) is 3.84. The standard InChI is InChI=1S/C13H21N3O/c1-10-4-6-11(7-5-10)12(14)13(17)16(3)9-8-15-2/h4-7,12,15H,8-9,14H2,1-3H3. The molecular weight excluding hydrogens is 214 g/mol. The zero-order chi connectivity index (χ0) is 12.8. The first kappa shape index (κ1) is 13.7. The highest BCUT2D eigenvalue weighted by Gasteiger charge is 2.19. The Kier molecular flexibility index (Phi) is 5.12. The van der Waals surface area contributed by atoms with Gasteiger partial charge in [0.1, 0.15) is 6.04 Å². The zero-order valence-corrected chi connectivity index (χ0v) is 10.7. The topological polar surface area (TPSA) is 58.4 Å². The van der Waals surface area contributed by atoms with E-state index in [1.165, 1.54) is 0 Å². The molecule has 1 atom stereocenters. The summed E-state index contributed by atoms with van der Waals surface area (Å²) in [6, 6.07) is 7.18. The molecule has 1 aromatic rings. The molecule has 0 bridgehead atoms. The summed E-state index contributed by atoms with van der Waals surface area (Å²) in [6.07, 6.45) is 0. The van der Waals surface area contributed by atoms with Gasteiger partial charge in [0.05, 0.1) is 0 Å². The van der Waals surface area contributed by atoms with Crippen LogP contribution in [0.4, 0.5) is 0 Å². The summed E-state index contributed by atoms with van der Waals surface area (Å²) in [4.78, 5) is 13.7. The molecule has 0 aliphatic heterocycles. The number of nitrogens with two attached hydrogens (primary N) is 1. The highest BCUT2D eigenvalue weighted by molar-refractivity contribution is 5.82. The lowest BCUT2D eigenvalue weighted by Crippen LogP contribution is -2.39. The van der Waals surface area contributed by atoms with Crippen molar-refractivity contribution in [3.8, 4) is 0 Å². The van der Waals surface area contributed by atoms with E-state index in [0.29, 0.717) is 6.54 Å². The number of nitrogens with one attached hydrogen (secondary N) is 1. The lowest BCUT2D eigenvalue weighted by molar-refractivity contribution is -0.131. The van der Waals surface area contributed by atoms with E-state index in [-0.39, 0.29) is 5.91 Å². The van der Waals surface area contributed by atoms with Crippen molar-refractivity contribution < 1.29 is 4.79 Å². The van der Waals surface area contributed by atoms with Gasteiger partial charge in [0, 0.05) is 20.1 Å². The predicted molar refractivity (Wildman–Crippen MR) is 69.7 cm³/mol. The van der Waals surface area contributed by atoms with Crippen molar-refractivity contribution in [1.82, 2.24) is 10.2 Å². The molecule has 0 radical (unpaired) electrons. The molecule has 4 nitrogen and oxygen atoms in total. The van der Waals surface area contributed by atoms with E-state index in [1.54, 1.807) is 11.9 Å². The van der Waals surface area contributed by atoms with Gasteiger partial charge in [-0.15, -0.1) is 0 Å². The minimum atomic E-state index is -0.572. The van der Waals surface area contributed by atoms with Crippen LogP contribution in [0.25, 0.3) is 0 Å². The van der Waals surface area contributed by atoms with Gasteiger partial charge < -0.3 is 16.0 Å². The van der Waals surface area contributed by atoms with E-state index in [2.05, 4.69) is 5.32 Å². The molecule has 0 saturated heterocycles. The molecule has 0 spiro atoms. The number of amides is 1. The fourth-order valence-corrected chi connectivity index (χ4v) is 1.54. The van der Waals surface area contributed by atoms with Crippen LogP contribution in [0.3, 0.4) is 0 Å². The highest BCUT2D eigenvalue weighted by atomic mass is 16.2. The lowest BCUT2D eigenvalue weighted by atomic mass is 10.1. The first-order valence-corrected chi connectivity index (χ1v) is 5.78. The molecule has 1 aromatic carbocycles. The lowest BCUT2D eigenvalue weighted by Gasteiger charge is -2.21. The van der Waals surface area contributed by atoms with Gasteiger partial charge in [-0.3, -0.25) is 4.79 Å². The van der Waals surface area contributed by atoms with Crippen molar-refractivity contribution in [1.29, 1.82) is 0 Å². The number of carbonyl (C=O) groups excluding carboxylic acids is 1. The Bertz CT molecular complexity index is 361. The second kappa shape index (κ2) is 6.37. The first-order valence-electron chi connectivity index (χ1n) is 5.78. The van der Waals surface area contributed by atoms with Crippen molar-refractivity contribution in [2.75, 3.05) is 27.2 Å². The molecule has 3 N–H and O–H groups in total. The number of aryl methyl sites for hydroxylation is 1. The molecule has 94 valence electrons. The van der Waals surface area contributed by atoms with Gasteiger partial charge in [0.15, 0.2) is 0 Å². The van der Waals surface area contributed by atoms with Crippen molar-refractivity contribution in [3.05, 3.63) is 35.4 Å². The Hall–Kier alpha value is -1.39. The van der Waals surface area contributed by atoms with E-state index in [0.717, 1.165) is 17.7 Å². The van der Waals surface area contributed by atoms with Gasteiger partial charge in [-0.05, 0) is 19.5 Å². The Morgan fingerprint density at radius 3 is 2.53 bits per heavy atom. The number of benzene rings is 1. The second-order valence-corrected chi connectivity index (χ2v) is 4.25. The normalized spacial score (nSPS) is 12.2. The van der Waals surface area contributed by atoms with Crippen molar-refractivity contribution in [3.63, 3.8) is 0 Å². The minimum absolute atomic E-state index is 0.0518. The average Bonchev–Trinajstić information content (AvgIpc) is 2.35. The number of hydrogen-bond donors (Lipinski definition) is 2. The average molecular weight is 235 g/mol. The van der Waals surface area contributed by atoms with Crippen LogP contribution in [0.2, 0.25) is 0 Å². The van der Waals surface area contributed by atoms with E-state index >= 15 is 0 Å². The fraction of sp³-hybridized carbons (Fsp3) is 0.462. The Balaban J connectivity index is 2.65. The second-order valence-electron chi connectivity index (χ2n) is 4.25. The molecule has 0 fully saturated rings. The third-order valence-corrected chi connectivity index (χ3v) is 2.78. The van der Waals surface area contributed by atoms with Gasteiger partial charge in [-0.2, -0.15) is 0 Å². The Morgan fingerprint density at radius 2 is 2.00 bits per heavy atom. The van der Waals surface area contributed by atoms with E-state index in [9.17, 15) is 4.79 Å². The third-order valence-electron chi connectivity index (χ3n) is 2.78. The minimum Gasteiger partial charge on any atom is -0.343 e. The van der Waals surface area contributed by atoms with Crippen molar-refractivity contribution >= 4 is 5.91 Å². The number of nitrogens with zero attached hydrogens (tertiary/aromatic N) is 1. The Morgan fingerprint density at radius 1 is 1.41 bits per heavy atom. The largest absolute Gasteiger partial charge is 0.343 e. The van der Waals surface area contributed by atoms with Gasteiger partial charge in [-0.25, -0.2) is 0 Å². The predicted octanol–water partition coefficient (Wildman–Crippen LogP) is 0.673. The SMILES string of the molecule is CNCCN(C)C(=O)C(N)c1ccc(C)cc1. The maximum Gasteiger partial charge on any atom is 0.243 e. The van der Waals surface area contributed by atoms with Crippen LogP contribution in [0, 0.1) is 6.92 Å². The molecular formula is C13H21N3O. The molecule has 0 saturated carbocycles. The summed E-state index contributed by atoms with van der Waals surface area (Å²) < 4.78 is 0. The van der Waals surface area contributed by atoms with Crippen molar-refractivity contribution in [2.45, 2.75) is 13.0 Å². The molecule has 0 aliphatic carbocycles. The molecule has 0 aromatic heterocycles. The summed E-state index contributed by atoms with van der Waals surface area (Å²) in [6.45, 7) is 3.44. The summed E-state index contributed by atoms with van der Waals surface area (Å²) in [5.74, 6) is -0.0518. The zero-order valence-electron chi connectivity index (χ0n) is 10.7. The number of likely N-dealkylation sites (N-methyl/N-ethyl adjacent to an activating group) is 2. The first-order chi connectivity index (χ1) is 8.06. The van der Waals surface area contributed by atoms with Crippen LogP contribution in [-0.4, -0.2) is 38.0 Å². The maximum absolute atomic E-state index is 12.0. The summed E-state index contributed by atoms with van der Waals surface area (Å²) in [5, 5.41) is 3.00. The summed E-state index contributed by atoms with van der Waals surface area (Å²) in [7, 11) is 3.63. The monoisotopic (exact) mass is 235 g/mol. The number of rotatable bonds is 5. The van der Waals surface area contributed by atoms with Crippen LogP contribution in [0.5, 0.6) is 0 Å². The molecule has 1 unspecified atom stereocenters. The van der Waals surface area contributed by atoms with Gasteiger partial charge in [0.25, 0.3) is 0 Å². The maximum atomic E-state index is 12.0. The highest BCUT2D eigenvalue weighted by Crippen LogP contribution is 2.13. The fourth-order valence-electron chi connectivity index (χ4n) is 1.54. The Labute approximate surface area is 103 Å². The van der Waals surface area contributed by atoms with Gasteiger partial charge >= 0.3 is 0 Å². The molecule has 4 heteroatoms. The molecule has 0 heterocycles. The smallest absolute Gasteiger partial charge is 0.243 e. The quantitative estimate of drug-likeness (QED) is 0.789. The number of hydrogen-bond acceptors (Lipinski definition) is 3.